The highest BCUT2D eigenvalue weighted by Crippen LogP contribution is 2.42. The molecule has 0 saturated carbocycles. The maximum absolute atomic E-state index is 10.9. The lowest BCUT2D eigenvalue weighted by Gasteiger charge is -2.48. The molecule has 314 valence electrons. The highest BCUT2D eigenvalue weighted by atomic mass is 32.2. The van der Waals surface area contributed by atoms with Gasteiger partial charge in [0, 0.05) is 30.7 Å². The summed E-state index contributed by atoms with van der Waals surface area (Å²) in [6, 6.07) is 47.4. The SMILES string of the molecule is [N-]=[N+]=NC1[C@@H](O)[C@H]2O[C@@H](c3ccccc3)OCC2O[C@H]1Sc1ccccc1.[N-]=[N+]=NC1[C@H](Sc2ccccc2)OC2CO[C@H](c3ccccc3)O[C@@H]2[C@H]1OCc1ccccc1. The molecule has 12 atom stereocenters. The van der Waals surface area contributed by atoms with E-state index in [0.29, 0.717) is 13.2 Å². The molecule has 4 aliphatic heterocycles. The molecule has 4 aliphatic rings. The van der Waals surface area contributed by atoms with E-state index < -0.39 is 66.1 Å². The van der Waals surface area contributed by atoms with E-state index in [-0.39, 0.29) is 12.7 Å². The van der Waals surface area contributed by atoms with Gasteiger partial charge in [-0.1, -0.05) is 161 Å². The van der Waals surface area contributed by atoms with Crippen LogP contribution < -0.4 is 0 Å². The summed E-state index contributed by atoms with van der Waals surface area (Å²) in [4.78, 5) is 8.02. The lowest BCUT2D eigenvalue weighted by Crippen LogP contribution is -2.61. The Bertz CT molecular complexity index is 2210. The Morgan fingerprint density at radius 1 is 0.557 bits per heavy atom. The molecule has 0 aliphatic carbocycles. The standard InChI is InChI=1S/C26H25N3O4S.C19H19N3O4S/c27-29-28-22-24(30-16-18-10-4-1-5-11-18)23-21(32-26(22)34-20-14-8-3-9-15-20)17-31-25(33-23)19-12-6-2-7-13-19;20-22-21-15-16(23)17-14(25-19(15)27-13-9-5-2-6-10-13)11-24-18(26-17)12-7-3-1-4-8-12/h1-15,21-26H,16-17H2;1-10,14-19,23H,11H2/t21?,22?,23-,24-,25-,26-;14?,15?,16-,17+,18+,19+/m01/s1. The zero-order valence-corrected chi connectivity index (χ0v) is 34.4. The molecule has 14 nitrogen and oxygen atoms in total. The van der Waals surface area contributed by atoms with Crippen molar-refractivity contribution < 1.29 is 38.3 Å². The van der Waals surface area contributed by atoms with Crippen LogP contribution in [0.5, 0.6) is 0 Å². The van der Waals surface area contributed by atoms with Crippen LogP contribution in [0.3, 0.4) is 0 Å². The summed E-state index contributed by atoms with van der Waals surface area (Å²) in [5.74, 6) is 0. The van der Waals surface area contributed by atoms with E-state index in [1.54, 1.807) is 0 Å². The zero-order valence-electron chi connectivity index (χ0n) is 32.8. The first-order chi connectivity index (χ1) is 30.1. The van der Waals surface area contributed by atoms with Crippen LogP contribution in [0, 0.1) is 0 Å². The number of hydrogen-bond acceptors (Lipinski definition) is 12. The minimum Gasteiger partial charge on any atom is -0.390 e. The number of ether oxygens (including phenoxy) is 7. The van der Waals surface area contributed by atoms with Gasteiger partial charge in [-0.25, -0.2) is 0 Å². The van der Waals surface area contributed by atoms with Gasteiger partial charge >= 0.3 is 0 Å². The Kier molecular flexibility index (Phi) is 14.9. The number of thioether (sulfide) groups is 2. The van der Waals surface area contributed by atoms with Gasteiger partial charge in [-0.2, -0.15) is 0 Å². The van der Waals surface area contributed by atoms with Crippen molar-refractivity contribution in [3.8, 4) is 0 Å². The fourth-order valence-electron chi connectivity index (χ4n) is 7.48. The van der Waals surface area contributed by atoms with E-state index in [4.69, 9.17) is 38.7 Å². The van der Waals surface area contributed by atoms with Crippen LogP contribution in [0.15, 0.2) is 172 Å². The van der Waals surface area contributed by atoms with Gasteiger partial charge in [-0.3, -0.25) is 0 Å². The third kappa shape index (κ3) is 10.8. The number of aliphatic hydroxyl groups excluding tert-OH is 1. The Morgan fingerprint density at radius 3 is 1.49 bits per heavy atom. The van der Waals surface area contributed by atoms with E-state index in [1.807, 2.05) is 152 Å². The first-order valence-electron chi connectivity index (χ1n) is 19.9. The van der Waals surface area contributed by atoms with Crippen molar-refractivity contribution in [3.63, 3.8) is 0 Å². The molecule has 0 radical (unpaired) electrons. The highest BCUT2D eigenvalue weighted by molar-refractivity contribution is 8.00. The zero-order chi connectivity index (χ0) is 41.8. The summed E-state index contributed by atoms with van der Waals surface area (Å²) >= 11 is 2.92. The molecule has 5 aromatic carbocycles. The first-order valence-corrected chi connectivity index (χ1v) is 21.6. The van der Waals surface area contributed by atoms with E-state index >= 15 is 0 Å². The third-order valence-electron chi connectivity index (χ3n) is 10.4. The van der Waals surface area contributed by atoms with Crippen molar-refractivity contribution >= 4 is 23.5 Å². The monoisotopic (exact) mass is 860 g/mol. The van der Waals surface area contributed by atoms with Crippen LogP contribution in [0.4, 0.5) is 0 Å². The number of azide groups is 2. The fraction of sp³-hybridized carbons (Fsp3) is 0.333. The summed E-state index contributed by atoms with van der Waals surface area (Å²) in [6.07, 6.45) is -4.51. The van der Waals surface area contributed by atoms with Gasteiger partial charge < -0.3 is 38.3 Å². The summed E-state index contributed by atoms with van der Waals surface area (Å²) in [6.45, 7) is 1.01. The molecule has 16 heteroatoms. The number of benzene rings is 5. The van der Waals surface area contributed by atoms with E-state index in [2.05, 4.69) is 20.1 Å². The molecule has 4 saturated heterocycles. The molecule has 4 unspecified atom stereocenters. The van der Waals surface area contributed by atoms with Crippen molar-refractivity contribution in [2.24, 2.45) is 10.2 Å². The topological polar surface area (TPSA) is 182 Å². The van der Waals surface area contributed by atoms with Crippen molar-refractivity contribution in [2.45, 2.75) is 88.6 Å². The van der Waals surface area contributed by atoms with Crippen LogP contribution >= 0.6 is 23.5 Å². The van der Waals surface area contributed by atoms with Crippen LogP contribution in [0.1, 0.15) is 29.3 Å². The number of hydrogen-bond donors (Lipinski definition) is 1. The molecule has 61 heavy (non-hydrogen) atoms. The van der Waals surface area contributed by atoms with Crippen LogP contribution in [-0.2, 0) is 39.8 Å². The van der Waals surface area contributed by atoms with Crippen molar-refractivity contribution in [1.29, 1.82) is 0 Å². The van der Waals surface area contributed by atoms with Crippen molar-refractivity contribution in [3.05, 3.63) is 189 Å². The van der Waals surface area contributed by atoms with E-state index in [1.165, 1.54) is 23.5 Å². The molecular formula is C45H44N6O8S2. The second-order valence-corrected chi connectivity index (χ2v) is 16.8. The molecule has 9 rings (SSSR count). The molecular weight excluding hydrogens is 817 g/mol. The molecule has 4 fully saturated rings. The minimum atomic E-state index is -0.990. The molecule has 4 heterocycles. The lowest BCUT2D eigenvalue weighted by atomic mass is 9.97. The fourth-order valence-corrected chi connectivity index (χ4v) is 9.75. The molecule has 0 aromatic heterocycles. The van der Waals surface area contributed by atoms with Crippen LogP contribution in [-0.4, -0.2) is 77.9 Å². The Hall–Kier alpha value is -4.90. The van der Waals surface area contributed by atoms with E-state index in [9.17, 15) is 10.6 Å². The Labute approximate surface area is 361 Å². The molecule has 1 N–H and O–H groups in total. The van der Waals surface area contributed by atoms with Gasteiger partial charge in [-0.05, 0) is 40.9 Å². The highest BCUT2D eigenvalue weighted by Gasteiger charge is 2.51. The van der Waals surface area contributed by atoms with Crippen LogP contribution in [0.25, 0.3) is 20.9 Å². The van der Waals surface area contributed by atoms with Gasteiger partial charge in [0.1, 0.15) is 47.4 Å². The van der Waals surface area contributed by atoms with Crippen molar-refractivity contribution in [1.82, 2.24) is 0 Å². The lowest BCUT2D eigenvalue weighted by molar-refractivity contribution is -0.311. The van der Waals surface area contributed by atoms with Gasteiger partial charge in [-0.15, -0.1) is 0 Å². The summed E-state index contributed by atoms with van der Waals surface area (Å²) in [7, 11) is 0. The van der Waals surface area contributed by atoms with Gasteiger partial charge in [0.15, 0.2) is 12.6 Å². The predicted molar refractivity (Wildman–Crippen MR) is 229 cm³/mol. The first kappa shape index (κ1) is 42.8. The van der Waals surface area contributed by atoms with E-state index in [0.717, 1.165) is 26.5 Å². The van der Waals surface area contributed by atoms with Gasteiger partial charge in [0.2, 0.25) is 0 Å². The maximum Gasteiger partial charge on any atom is 0.184 e. The summed E-state index contributed by atoms with van der Waals surface area (Å²) < 4.78 is 43.1. The van der Waals surface area contributed by atoms with Gasteiger partial charge in [0.25, 0.3) is 0 Å². The average Bonchev–Trinajstić information content (AvgIpc) is 3.32. The number of rotatable bonds is 11. The quantitative estimate of drug-likeness (QED) is 0.0763. The molecule has 0 amide bonds. The minimum absolute atomic E-state index is 0.288. The smallest absolute Gasteiger partial charge is 0.184 e. The Morgan fingerprint density at radius 2 is 0.984 bits per heavy atom. The average molecular weight is 861 g/mol. The number of nitrogens with zero attached hydrogens (tertiary/aromatic N) is 6. The normalized spacial score (nSPS) is 30.4. The second kappa shape index (κ2) is 21.3. The largest absolute Gasteiger partial charge is 0.390 e. The number of fused-ring (bicyclic) bond motifs is 2. The molecule has 0 spiro atoms. The molecule has 5 aromatic rings. The molecule has 0 bridgehead atoms. The third-order valence-corrected chi connectivity index (χ3v) is 12.8. The van der Waals surface area contributed by atoms with Crippen LogP contribution in [0.2, 0.25) is 0 Å². The number of aliphatic hydroxyl groups is 1. The Balaban J connectivity index is 0.000000173. The summed E-state index contributed by atoms with van der Waals surface area (Å²) in [5, 5.41) is 18.8. The van der Waals surface area contributed by atoms with Gasteiger partial charge in [0.05, 0.1) is 32.0 Å². The van der Waals surface area contributed by atoms with Crippen molar-refractivity contribution in [2.75, 3.05) is 13.2 Å². The maximum atomic E-state index is 10.9. The predicted octanol–water partition coefficient (Wildman–Crippen LogP) is 9.54. The second-order valence-electron chi connectivity index (χ2n) is 14.4. The summed E-state index contributed by atoms with van der Waals surface area (Å²) in [5.41, 5.74) is 20.2.